The van der Waals surface area contributed by atoms with E-state index in [1.165, 1.54) is 4.90 Å². The predicted molar refractivity (Wildman–Crippen MR) is 80.4 cm³/mol. The van der Waals surface area contributed by atoms with E-state index in [1.807, 2.05) is 0 Å². The normalized spacial score (nSPS) is 12.0. The van der Waals surface area contributed by atoms with Gasteiger partial charge < -0.3 is 15.4 Å². The molecule has 0 aromatic carbocycles. The van der Waals surface area contributed by atoms with Gasteiger partial charge in [0.1, 0.15) is 11.4 Å². The van der Waals surface area contributed by atoms with Crippen molar-refractivity contribution in [3.05, 3.63) is 0 Å². The van der Waals surface area contributed by atoms with E-state index in [9.17, 15) is 18.0 Å². The molecule has 0 heterocycles. The van der Waals surface area contributed by atoms with Gasteiger partial charge in [-0.25, -0.2) is 8.42 Å². The highest BCUT2D eigenvalue weighted by Gasteiger charge is 2.23. The fraction of sp³-hybridized carbons (Fsp3) is 0.846. The molecule has 0 radical (unpaired) electrons. The summed E-state index contributed by atoms with van der Waals surface area (Å²) >= 11 is 0. The molecule has 0 aliphatic heterocycles. The van der Waals surface area contributed by atoms with Gasteiger partial charge in [-0.3, -0.25) is 9.59 Å². The van der Waals surface area contributed by atoms with E-state index in [-0.39, 0.29) is 18.1 Å². The van der Waals surface area contributed by atoms with E-state index < -0.39 is 27.2 Å². The summed E-state index contributed by atoms with van der Waals surface area (Å²) in [6, 6.07) is 0. The summed E-state index contributed by atoms with van der Waals surface area (Å²) < 4.78 is 28.5. The lowest BCUT2D eigenvalue weighted by atomic mass is 10.2. The zero-order valence-corrected chi connectivity index (χ0v) is 14.0. The van der Waals surface area contributed by atoms with Crippen LogP contribution in [0.5, 0.6) is 0 Å². The van der Waals surface area contributed by atoms with Crippen LogP contribution in [0.25, 0.3) is 0 Å². The standard InChI is InChI=1S/C13H26N2O5S/c1-13(2,3)20-12(17)10-21(18,19)9-6-11(16)15(4)8-5-7-14/h5-10,14H2,1-4H3. The van der Waals surface area contributed by atoms with Gasteiger partial charge in [0.2, 0.25) is 5.91 Å². The molecule has 0 spiro atoms. The molecule has 0 atom stereocenters. The molecule has 0 saturated heterocycles. The first-order chi connectivity index (χ1) is 9.47. The number of ether oxygens (including phenoxy) is 1. The monoisotopic (exact) mass is 322 g/mol. The predicted octanol–water partition coefficient (Wildman–Crippen LogP) is -0.0598. The smallest absolute Gasteiger partial charge is 0.321 e. The second-order valence-electron chi connectivity index (χ2n) is 5.89. The van der Waals surface area contributed by atoms with Crippen molar-refractivity contribution < 1.29 is 22.7 Å². The maximum atomic E-state index is 11.8. The second kappa shape index (κ2) is 8.33. The molecule has 8 heteroatoms. The van der Waals surface area contributed by atoms with Crippen LogP contribution < -0.4 is 5.73 Å². The minimum atomic E-state index is -3.65. The first-order valence-corrected chi connectivity index (χ1v) is 8.65. The van der Waals surface area contributed by atoms with Crippen LogP contribution in [0.2, 0.25) is 0 Å². The number of rotatable bonds is 8. The Hall–Kier alpha value is -1.15. The number of amides is 1. The van der Waals surface area contributed by atoms with Gasteiger partial charge in [-0.05, 0) is 33.7 Å². The Morgan fingerprint density at radius 2 is 1.81 bits per heavy atom. The molecular weight excluding hydrogens is 296 g/mol. The van der Waals surface area contributed by atoms with Crippen molar-refractivity contribution in [1.82, 2.24) is 4.90 Å². The molecule has 124 valence electrons. The Labute approximate surface area is 126 Å². The molecule has 0 unspecified atom stereocenters. The number of carbonyl (C=O) groups is 2. The van der Waals surface area contributed by atoms with Crippen molar-refractivity contribution in [1.29, 1.82) is 0 Å². The highest BCUT2D eigenvalue weighted by Crippen LogP contribution is 2.08. The summed E-state index contributed by atoms with van der Waals surface area (Å²) in [6.07, 6.45) is 0.513. The lowest BCUT2D eigenvalue weighted by Gasteiger charge is -2.19. The van der Waals surface area contributed by atoms with E-state index in [0.29, 0.717) is 19.5 Å². The first kappa shape index (κ1) is 19.9. The summed E-state index contributed by atoms with van der Waals surface area (Å²) in [4.78, 5) is 24.6. The molecule has 21 heavy (non-hydrogen) atoms. The van der Waals surface area contributed by atoms with Crippen molar-refractivity contribution in [2.75, 3.05) is 31.6 Å². The number of hydrogen-bond donors (Lipinski definition) is 1. The Kier molecular flexibility index (Phi) is 7.87. The number of sulfone groups is 1. The molecule has 2 N–H and O–H groups in total. The van der Waals surface area contributed by atoms with E-state index >= 15 is 0 Å². The fourth-order valence-electron chi connectivity index (χ4n) is 1.51. The van der Waals surface area contributed by atoms with Crippen molar-refractivity contribution in [2.24, 2.45) is 5.73 Å². The average molecular weight is 322 g/mol. The van der Waals surface area contributed by atoms with Gasteiger partial charge in [-0.2, -0.15) is 0 Å². The number of carbonyl (C=O) groups excluding carboxylic acids is 2. The van der Waals surface area contributed by atoms with Crippen LogP contribution in [-0.4, -0.2) is 62.4 Å². The van der Waals surface area contributed by atoms with Crippen LogP contribution in [0.3, 0.4) is 0 Å². The molecule has 0 aliphatic rings. The minimum absolute atomic E-state index is 0.147. The molecule has 0 rings (SSSR count). The molecule has 0 aromatic rings. The van der Waals surface area contributed by atoms with Crippen LogP contribution >= 0.6 is 0 Å². The Morgan fingerprint density at radius 1 is 1.24 bits per heavy atom. The molecule has 0 aromatic heterocycles. The summed E-state index contributed by atoms with van der Waals surface area (Å²) in [7, 11) is -2.05. The molecule has 1 amide bonds. The van der Waals surface area contributed by atoms with Gasteiger partial charge >= 0.3 is 5.97 Å². The van der Waals surface area contributed by atoms with E-state index in [2.05, 4.69) is 0 Å². The van der Waals surface area contributed by atoms with Gasteiger partial charge in [0, 0.05) is 20.0 Å². The lowest BCUT2D eigenvalue weighted by Crippen LogP contribution is -2.32. The maximum Gasteiger partial charge on any atom is 0.321 e. The van der Waals surface area contributed by atoms with Gasteiger partial charge in [0.05, 0.1) is 5.75 Å². The molecule has 0 aliphatic carbocycles. The zero-order valence-electron chi connectivity index (χ0n) is 13.2. The summed E-state index contributed by atoms with van der Waals surface area (Å²) in [5, 5.41) is 0. The highest BCUT2D eigenvalue weighted by molar-refractivity contribution is 7.92. The van der Waals surface area contributed by atoms with Crippen LogP contribution in [0.4, 0.5) is 0 Å². The summed E-state index contributed by atoms with van der Waals surface area (Å²) in [6.45, 7) is 5.93. The van der Waals surface area contributed by atoms with E-state index in [4.69, 9.17) is 10.5 Å². The van der Waals surface area contributed by atoms with Gasteiger partial charge in [0.15, 0.2) is 9.84 Å². The van der Waals surface area contributed by atoms with Gasteiger partial charge in [-0.1, -0.05) is 0 Å². The average Bonchev–Trinajstić information content (AvgIpc) is 2.29. The topological polar surface area (TPSA) is 107 Å². The van der Waals surface area contributed by atoms with Crippen molar-refractivity contribution in [3.63, 3.8) is 0 Å². The number of nitrogens with two attached hydrogens (primary N) is 1. The van der Waals surface area contributed by atoms with E-state index in [0.717, 1.165) is 0 Å². The summed E-state index contributed by atoms with van der Waals surface area (Å²) in [5.74, 6) is -2.15. The van der Waals surface area contributed by atoms with Crippen LogP contribution in [0.15, 0.2) is 0 Å². The SMILES string of the molecule is CN(CCCN)C(=O)CCS(=O)(=O)CC(=O)OC(C)(C)C. The third kappa shape index (κ3) is 10.3. The quantitative estimate of drug-likeness (QED) is 0.627. The Bertz CT molecular complexity index is 454. The van der Waals surface area contributed by atoms with Crippen LogP contribution in [0, 0.1) is 0 Å². The molecular formula is C13H26N2O5S. The molecule has 7 nitrogen and oxygen atoms in total. The fourth-order valence-corrected chi connectivity index (χ4v) is 2.56. The minimum Gasteiger partial charge on any atom is -0.459 e. The lowest BCUT2D eigenvalue weighted by molar-refractivity contribution is -0.151. The third-order valence-electron chi connectivity index (χ3n) is 2.51. The number of esters is 1. The van der Waals surface area contributed by atoms with Crippen molar-refractivity contribution in [2.45, 2.75) is 39.2 Å². The summed E-state index contributed by atoms with van der Waals surface area (Å²) in [5.41, 5.74) is 4.61. The molecule has 0 bridgehead atoms. The number of hydrogen-bond acceptors (Lipinski definition) is 6. The van der Waals surface area contributed by atoms with Gasteiger partial charge in [-0.15, -0.1) is 0 Å². The van der Waals surface area contributed by atoms with Crippen LogP contribution in [-0.2, 0) is 24.2 Å². The van der Waals surface area contributed by atoms with Crippen molar-refractivity contribution >= 4 is 21.7 Å². The largest absolute Gasteiger partial charge is 0.459 e. The zero-order chi connectivity index (χ0) is 16.7. The molecule has 0 saturated carbocycles. The molecule has 0 fully saturated rings. The van der Waals surface area contributed by atoms with E-state index in [1.54, 1.807) is 27.8 Å². The Morgan fingerprint density at radius 3 is 2.29 bits per heavy atom. The number of nitrogens with zero attached hydrogens (tertiary/aromatic N) is 1. The maximum absolute atomic E-state index is 11.8. The third-order valence-corrected chi connectivity index (χ3v) is 4.01. The second-order valence-corrected chi connectivity index (χ2v) is 8.07. The van der Waals surface area contributed by atoms with Gasteiger partial charge in [0.25, 0.3) is 0 Å². The Balaban J connectivity index is 4.31. The first-order valence-electron chi connectivity index (χ1n) is 6.83. The van der Waals surface area contributed by atoms with Crippen LogP contribution in [0.1, 0.15) is 33.6 Å². The van der Waals surface area contributed by atoms with Crippen molar-refractivity contribution in [3.8, 4) is 0 Å². The highest BCUT2D eigenvalue weighted by atomic mass is 32.2.